The molecule has 0 aliphatic carbocycles. The molecule has 0 saturated heterocycles. The van der Waals surface area contributed by atoms with Crippen molar-refractivity contribution in [1.82, 2.24) is 0 Å². The highest BCUT2D eigenvalue weighted by Crippen LogP contribution is 2.03. The van der Waals surface area contributed by atoms with Crippen LogP contribution in [0, 0.1) is 12.3 Å². The SMILES string of the molecule is C#CCC(N)C(=O)CCCOCc1ccccc1. The highest BCUT2D eigenvalue weighted by Gasteiger charge is 2.11. The summed E-state index contributed by atoms with van der Waals surface area (Å²) in [6.07, 6.45) is 6.52. The van der Waals surface area contributed by atoms with Crippen molar-refractivity contribution >= 4 is 5.78 Å². The van der Waals surface area contributed by atoms with Crippen molar-refractivity contribution in [1.29, 1.82) is 0 Å². The molecule has 0 saturated carbocycles. The number of hydrogen-bond acceptors (Lipinski definition) is 3. The Kier molecular flexibility index (Phi) is 6.78. The minimum absolute atomic E-state index is 0.0104. The summed E-state index contributed by atoms with van der Waals surface area (Å²) in [6.45, 7) is 1.13. The summed E-state index contributed by atoms with van der Waals surface area (Å²) in [4.78, 5) is 11.5. The lowest BCUT2D eigenvalue weighted by molar-refractivity contribution is -0.120. The molecule has 1 unspecified atom stereocenters. The van der Waals surface area contributed by atoms with Crippen LogP contribution in [0.25, 0.3) is 0 Å². The van der Waals surface area contributed by atoms with E-state index in [4.69, 9.17) is 16.9 Å². The number of ether oxygens (including phenoxy) is 1. The number of nitrogens with two attached hydrogens (primary N) is 1. The van der Waals surface area contributed by atoms with Gasteiger partial charge in [0.05, 0.1) is 12.6 Å². The fourth-order valence-corrected chi connectivity index (χ4v) is 1.54. The summed E-state index contributed by atoms with van der Waals surface area (Å²) >= 11 is 0. The number of carbonyl (C=O) groups excluding carboxylic acids is 1. The van der Waals surface area contributed by atoms with Crippen LogP contribution in [0.1, 0.15) is 24.8 Å². The van der Waals surface area contributed by atoms with Gasteiger partial charge in [0, 0.05) is 19.4 Å². The molecule has 1 aromatic rings. The summed E-state index contributed by atoms with van der Waals surface area (Å²) in [5, 5.41) is 0. The molecule has 0 fully saturated rings. The van der Waals surface area contributed by atoms with Gasteiger partial charge in [0.2, 0.25) is 0 Å². The van der Waals surface area contributed by atoms with E-state index in [1.165, 1.54) is 0 Å². The van der Waals surface area contributed by atoms with Gasteiger partial charge in [-0.1, -0.05) is 30.3 Å². The monoisotopic (exact) mass is 245 g/mol. The van der Waals surface area contributed by atoms with Crippen LogP contribution in [0.2, 0.25) is 0 Å². The molecule has 0 heterocycles. The van der Waals surface area contributed by atoms with Gasteiger partial charge in [0.15, 0.2) is 5.78 Å². The third kappa shape index (κ3) is 5.62. The second-order valence-corrected chi connectivity index (χ2v) is 4.12. The van der Waals surface area contributed by atoms with Crippen molar-refractivity contribution in [2.75, 3.05) is 6.61 Å². The Bertz CT molecular complexity index is 395. The molecule has 0 bridgehead atoms. The van der Waals surface area contributed by atoms with Gasteiger partial charge in [0.25, 0.3) is 0 Å². The molecular weight excluding hydrogens is 226 g/mol. The smallest absolute Gasteiger partial charge is 0.150 e. The average molecular weight is 245 g/mol. The van der Waals surface area contributed by atoms with Crippen LogP contribution in [0.4, 0.5) is 0 Å². The first-order valence-electron chi connectivity index (χ1n) is 6.07. The molecule has 1 rings (SSSR count). The van der Waals surface area contributed by atoms with Crippen molar-refractivity contribution < 1.29 is 9.53 Å². The maximum absolute atomic E-state index is 11.5. The topological polar surface area (TPSA) is 52.3 Å². The zero-order valence-electron chi connectivity index (χ0n) is 10.5. The summed E-state index contributed by atoms with van der Waals surface area (Å²) < 4.78 is 5.48. The summed E-state index contributed by atoms with van der Waals surface area (Å²) in [5.41, 5.74) is 6.73. The van der Waals surface area contributed by atoms with Gasteiger partial charge in [0.1, 0.15) is 0 Å². The van der Waals surface area contributed by atoms with Gasteiger partial charge < -0.3 is 10.5 Å². The van der Waals surface area contributed by atoms with E-state index >= 15 is 0 Å². The Morgan fingerprint density at radius 2 is 2.11 bits per heavy atom. The first kappa shape index (κ1) is 14.4. The van der Waals surface area contributed by atoms with E-state index in [1.807, 2.05) is 30.3 Å². The molecule has 1 atom stereocenters. The van der Waals surface area contributed by atoms with Crippen LogP contribution >= 0.6 is 0 Å². The van der Waals surface area contributed by atoms with Gasteiger partial charge in [-0.15, -0.1) is 12.3 Å². The van der Waals surface area contributed by atoms with Crippen molar-refractivity contribution in [2.45, 2.75) is 31.9 Å². The van der Waals surface area contributed by atoms with Crippen molar-refractivity contribution in [3.8, 4) is 12.3 Å². The van der Waals surface area contributed by atoms with Crippen LogP contribution in [0.15, 0.2) is 30.3 Å². The number of rotatable bonds is 8. The highest BCUT2D eigenvalue weighted by atomic mass is 16.5. The predicted octanol–water partition coefficient (Wildman–Crippen LogP) is 1.90. The highest BCUT2D eigenvalue weighted by molar-refractivity contribution is 5.83. The minimum atomic E-state index is -0.524. The number of ketones is 1. The first-order chi connectivity index (χ1) is 8.74. The Labute approximate surface area is 108 Å². The van der Waals surface area contributed by atoms with Crippen LogP contribution in [-0.4, -0.2) is 18.4 Å². The number of carbonyl (C=O) groups is 1. The van der Waals surface area contributed by atoms with E-state index in [1.54, 1.807) is 0 Å². The van der Waals surface area contributed by atoms with Gasteiger partial charge in [-0.2, -0.15) is 0 Å². The third-order valence-electron chi connectivity index (χ3n) is 2.57. The third-order valence-corrected chi connectivity index (χ3v) is 2.57. The number of Topliss-reactive ketones (excluding diaryl/α,β-unsaturated/α-hetero) is 1. The predicted molar refractivity (Wildman–Crippen MR) is 71.8 cm³/mol. The Balaban J connectivity index is 2.09. The standard InChI is InChI=1S/C15H19NO2/c1-2-7-14(16)15(17)10-6-11-18-12-13-8-4-3-5-9-13/h1,3-5,8-9,14H,6-7,10-12,16H2. The van der Waals surface area contributed by atoms with Crippen LogP contribution in [0.5, 0.6) is 0 Å². The maximum atomic E-state index is 11.5. The molecular formula is C15H19NO2. The molecule has 2 N–H and O–H groups in total. The zero-order valence-corrected chi connectivity index (χ0v) is 10.5. The largest absolute Gasteiger partial charge is 0.377 e. The number of benzene rings is 1. The van der Waals surface area contributed by atoms with Crippen LogP contribution < -0.4 is 5.73 Å². The molecule has 0 spiro atoms. The quantitative estimate of drug-likeness (QED) is 0.562. The fourth-order valence-electron chi connectivity index (χ4n) is 1.54. The second-order valence-electron chi connectivity index (χ2n) is 4.12. The molecule has 0 aromatic heterocycles. The summed E-state index contributed by atoms with van der Waals surface area (Å²) in [6, 6.07) is 9.41. The normalized spacial score (nSPS) is 11.8. The van der Waals surface area contributed by atoms with E-state index in [0.717, 1.165) is 5.56 Å². The fraction of sp³-hybridized carbons (Fsp3) is 0.400. The minimum Gasteiger partial charge on any atom is -0.377 e. The molecule has 1 aromatic carbocycles. The lowest BCUT2D eigenvalue weighted by Crippen LogP contribution is -2.29. The van der Waals surface area contributed by atoms with Crippen molar-refractivity contribution in [2.24, 2.45) is 5.73 Å². The van der Waals surface area contributed by atoms with E-state index in [0.29, 0.717) is 32.5 Å². The lowest BCUT2D eigenvalue weighted by Gasteiger charge is -2.07. The summed E-state index contributed by atoms with van der Waals surface area (Å²) in [5.74, 6) is 2.40. The number of hydrogen-bond donors (Lipinski definition) is 1. The zero-order chi connectivity index (χ0) is 13.2. The molecule has 3 nitrogen and oxygen atoms in total. The Hall–Kier alpha value is -1.63. The first-order valence-corrected chi connectivity index (χ1v) is 6.07. The van der Waals surface area contributed by atoms with E-state index < -0.39 is 6.04 Å². The maximum Gasteiger partial charge on any atom is 0.150 e. The van der Waals surface area contributed by atoms with Gasteiger partial charge >= 0.3 is 0 Å². The molecule has 18 heavy (non-hydrogen) atoms. The van der Waals surface area contributed by atoms with E-state index in [2.05, 4.69) is 5.92 Å². The van der Waals surface area contributed by atoms with Gasteiger partial charge in [-0.3, -0.25) is 4.79 Å². The van der Waals surface area contributed by atoms with Crippen LogP contribution in [-0.2, 0) is 16.1 Å². The van der Waals surface area contributed by atoms with E-state index in [9.17, 15) is 4.79 Å². The van der Waals surface area contributed by atoms with Gasteiger partial charge in [-0.25, -0.2) is 0 Å². The number of terminal acetylenes is 1. The van der Waals surface area contributed by atoms with Crippen molar-refractivity contribution in [3.05, 3.63) is 35.9 Å². The molecule has 0 aliphatic rings. The van der Waals surface area contributed by atoms with Crippen molar-refractivity contribution in [3.63, 3.8) is 0 Å². The van der Waals surface area contributed by atoms with E-state index in [-0.39, 0.29) is 5.78 Å². The molecule has 0 radical (unpaired) electrons. The Morgan fingerprint density at radius 3 is 2.78 bits per heavy atom. The van der Waals surface area contributed by atoms with Crippen LogP contribution in [0.3, 0.4) is 0 Å². The molecule has 96 valence electrons. The molecule has 3 heteroatoms. The second kappa shape index (κ2) is 8.46. The lowest BCUT2D eigenvalue weighted by atomic mass is 10.1. The van der Waals surface area contributed by atoms with Gasteiger partial charge in [-0.05, 0) is 12.0 Å². The summed E-state index contributed by atoms with van der Waals surface area (Å²) in [7, 11) is 0. The molecule has 0 amide bonds. The Morgan fingerprint density at radius 1 is 1.39 bits per heavy atom. The average Bonchev–Trinajstić information content (AvgIpc) is 2.39. The molecule has 0 aliphatic heterocycles.